The van der Waals surface area contributed by atoms with Crippen LogP contribution in [0.25, 0.3) is 0 Å². The molecule has 0 saturated heterocycles. The fraction of sp³-hybridized carbons (Fsp3) is 0.429. The largest absolute Gasteiger partial charge is 0.468 e. The summed E-state index contributed by atoms with van der Waals surface area (Å²) in [7, 11) is -4.00. The molecule has 1 aliphatic rings. The lowest BCUT2D eigenvalue weighted by molar-refractivity contribution is -0.139. The number of rotatable bonds is 6. The van der Waals surface area contributed by atoms with Gasteiger partial charge in [0.25, 0.3) is 0 Å². The van der Waals surface area contributed by atoms with Crippen LogP contribution in [0.5, 0.6) is 0 Å². The van der Waals surface area contributed by atoms with Crippen molar-refractivity contribution in [3.8, 4) is 0 Å². The fourth-order valence-electron chi connectivity index (χ4n) is 3.57. The molecule has 7 nitrogen and oxygen atoms in total. The molecule has 3 rings (SSSR count). The van der Waals surface area contributed by atoms with Gasteiger partial charge in [0.1, 0.15) is 16.8 Å². The second kappa shape index (κ2) is 9.88. The number of carbonyl (C=O) groups is 2. The quantitative estimate of drug-likeness (QED) is 0.412. The molecule has 0 aliphatic heterocycles. The van der Waals surface area contributed by atoms with Gasteiger partial charge in [-0.1, -0.05) is 25.7 Å². The van der Waals surface area contributed by atoms with Gasteiger partial charge in [-0.3, -0.25) is 9.59 Å². The standard InChI is InChI=1S/C21H25FN2O5S/c22-15-9-11-17(12-10-15)30(27,28)19(18-8-5-13-29-18)14-23-20(25)21(26)24-16-6-3-1-2-4-7-16/h5,8-13,16,19H,1-4,6-7,14H2,(H,23,25)(H,24,26). The molecule has 0 radical (unpaired) electrons. The van der Waals surface area contributed by atoms with E-state index in [-0.39, 0.29) is 23.2 Å². The minimum absolute atomic E-state index is 0.0467. The first kappa shape index (κ1) is 22.0. The first-order valence-corrected chi connectivity index (χ1v) is 11.5. The Hall–Kier alpha value is -2.68. The molecule has 162 valence electrons. The fourth-order valence-corrected chi connectivity index (χ4v) is 5.15. The van der Waals surface area contributed by atoms with Gasteiger partial charge in [-0.15, -0.1) is 0 Å². The van der Waals surface area contributed by atoms with Crippen LogP contribution in [0.4, 0.5) is 4.39 Å². The molecule has 9 heteroatoms. The average Bonchev–Trinajstić information content (AvgIpc) is 3.12. The smallest absolute Gasteiger partial charge is 0.309 e. The molecule has 1 aliphatic carbocycles. The number of amides is 2. The van der Waals surface area contributed by atoms with Gasteiger partial charge >= 0.3 is 11.8 Å². The summed E-state index contributed by atoms with van der Waals surface area (Å²) < 4.78 is 44.5. The van der Waals surface area contributed by atoms with Crippen LogP contribution in [0.2, 0.25) is 0 Å². The third kappa shape index (κ3) is 5.47. The molecule has 1 heterocycles. The Bertz CT molecular complexity index is 950. The highest BCUT2D eigenvalue weighted by atomic mass is 32.2. The van der Waals surface area contributed by atoms with Gasteiger partial charge in [0, 0.05) is 12.6 Å². The number of sulfone groups is 1. The van der Waals surface area contributed by atoms with Crippen LogP contribution in [0.3, 0.4) is 0 Å². The van der Waals surface area contributed by atoms with E-state index in [9.17, 15) is 22.4 Å². The third-order valence-corrected chi connectivity index (χ3v) is 7.30. The maximum Gasteiger partial charge on any atom is 0.309 e. The number of carbonyl (C=O) groups excluding carboxylic acids is 2. The van der Waals surface area contributed by atoms with Crippen molar-refractivity contribution in [3.05, 3.63) is 54.2 Å². The number of nitrogens with one attached hydrogen (secondary N) is 2. The predicted molar refractivity (Wildman–Crippen MR) is 108 cm³/mol. The number of halogens is 1. The van der Waals surface area contributed by atoms with E-state index in [1.54, 1.807) is 0 Å². The van der Waals surface area contributed by atoms with Crippen LogP contribution in [0.1, 0.15) is 49.5 Å². The Morgan fingerprint density at radius 1 is 1.03 bits per heavy atom. The summed E-state index contributed by atoms with van der Waals surface area (Å²) >= 11 is 0. The summed E-state index contributed by atoms with van der Waals surface area (Å²) in [5.74, 6) is -2.12. The van der Waals surface area contributed by atoms with Crippen molar-refractivity contribution < 1.29 is 26.8 Å². The van der Waals surface area contributed by atoms with Crippen LogP contribution in [-0.2, 0) is 19.4 Å². The maximum atomic E-state index is 13.2. The first-order chi connectivity index (χ1) is 14.4. The summed E-state index contributed by atoms with van der Waals surface area (Å²) in [6.07, 6.45) is 7.21. The van der Waals surface area contributed by atoms with Crippen LogP contribution in [0.15, 0.2) is 52.0 Å². The number of hydrogen-bond acceptors (Lipinski definition) is 5. The molecule has 1 aromatic carbocycles. The molecule has 2 amide bonds. The maximum absolute atomic E-state index is 13.2. The average molecular weight is 437 g/mol. The topological polar surface area (TPSA) is 105 Å². The van der Waals surface area contributed by atoms with Gasteiger partial charge in [-0.25, -0.2) is 12.8 Å². The molecule has 1 aromatic heterocycles. The van der Waals surface area contributed by atoms with Crippen molar-refractivity contribution in [2.75, 3.05) is 6.54 Å². The number of benzene rings is 1. The SMILES string of the molecule is O=C(NCC(c1ccco1)S(=O)(=O)c1ccc(F)cc1)C(=O)NC1CCCCCC1. The monoisotopic (exact) mass is 436 g/mol. The van der Waals surface area contributed by atoms with Crippen LogP contribution >= 0.6 is 0 Å². The Kier molecular flexibility index (Phi) is 7.25. The van der Waals surface area contributed by atoms with E-state index in [0.29, 0.717) is 0 Å². The molecular weight excluding hydrogens is 411 g/mol. The highest BCUT2D eigenvalue weighted by Crippen LogP contribution is 2.29. The molecule has 30 heavy (non-hydrogen) atoms. The number of hydrogen-bond donors (Lipinski definition) is 2. The Morgan fingerprint density at radius 2 is 1.70 bits per heavy atom. The summed E-state index contributed by atoms with van der Waals surface area (Å²) in [5, 5.41) is 3.87. The van der Waals surface area contributed by atoms with Gasteiger partial charge in [0.05, 0.1) is 11.2 Å². The van der Waals surface area contributed by atoms with Crippen LogP contribution in [-0.4, -0.2) is 32.8 Å². The zero-order valence-corrected chi connectivity index (χ0v) is 17.3. The minimum atomic E-state index is -4.00. The van der Waals surface area contributed by atoms with E-state index in [1.807, 2.05) is 0 Å². The van der Waals surface area contributed by atoms with Crippen LogP contribution in [0, 0.1) is 5.82 Å². The zero-order valence-electron chi connectivity index (χ0n) is 16.5. The molecule has 0 bridgehead atoms. The highest BCUT2D eigenvalue weighted by Gasteiger charge is 2.32. The molecule has 1 unspecified atom stereocenters. The van der Waals surface area contributed by atoms with Gasteiger partial charge < -0.3 is 15.1 Å². The lowest BCUT2D eigenvalue weighted by atomic mass is 10.1. The van der Waals surface area contributed by atoms with E-state index in [4.69, 9.17) is 4.42 Å². The first-order valence-electron chi connectivity index (χ1n) is 9.99. The van der Waals surface area contributed by atoms with E-state index >= 15 is 0 Å². The Balaban J connectivity index is 1.69. The van der Waals surface area contributed by atoms with Gasteiger partial charge in [0.15, 0.2) is 9.84 Å². The molecule has 1 atom stereocenters. The summed E-state index contributed by atoms with van der Waals surface area (Å²) in [6.45, 7) is -0.357. The Labute approximate surface area is 175 Å². The lowest BCUT2D eigenvalue weighted by Crippen LogP contribution is -2.45. The van der Waals surface area contributed by atoms with Gasteiger partial charge in [-0.2, -0.15) is 0 Å². The lowest BCUT2D eigenvalue weighted by Gasteiger charge is -2.18. The molecular formula is C21H25FN2O5S. The summed E-state index contributed by atoms with van der Waals surface area (Å²) in [4.78, 5) is 24.4. The van der Waals surface area contributed by atoms with Crippen molar-refractivity contribution in [2.45, 2.75) is 54.7 Å². The van der Waals surface area contributed by atoms with E-state index in [0.717, 1.165) is 62.8 Å². The molecule has 0 spiro atoms. The van der Waals surface area contributed by atoms with Crippen molar-refractivity contribution >= 4 is 21.7 Å². The van der Waals surface area contributed by atoms with Crippen molar-refractivity contribution in [1.29, 1.82) is 0 Å². The van der Waals surface area contributed by atoms with Crippen molar-refractivity contribution in [3.63, 3.8) is 0 Å². The second-order valence-corrected chi connectivity index (χ2v) is 9.51. The molecule has 2 N–H and O–H groups in total. The minimum Gasteiger partial charge on any atom is -0.468 e. The molecule has 2 aromatic rings. The van der Waals surface area contributed by atoms with Gasteiger partial charge in [0.2, 0.25) is 0 Å². The van der Waals surface area contributed by atoms with E-state index < -0.39 is 32.7 Å². The van der Waals surface area contributed by atoms with Gasteiger partial charge in [-0.05, 0) is 49.2 Å². The van der Waals surface area contributed by atoms with E-state index in [1.165, 1.54) is 18.4 Å². The Morgan fingerprint density at radius 3 is 2.30 bits per heavy atom. The normalized spacial score (nSPS) is 16.4. The van der Waals surface area contributed by atoms with Crippen molar-refractivity contribution in [1.82, 2.24) is 10.6 Å². The zero-order chi connectivity index (χ0) is 21.6. The predicted octanol–water partition coefficient (Wildman–Crippen LogP) is 2.89. The highest BCUT2D eigenvalue weighted by molar-refractivity contribution is 7.91. The summed E-state index contributed by atoms with van der Waals surface area (Å²) in [6, 6.07) is 7.36. The third-order valence-electron chi connectivity index (χ3n) is 5.22. The number of furan rings is 1. The van der Waals surface area contributed by atoms with Crippen LogP contribution < -0.4 is 10.6 Å². The molecule has 1 saturated carbocycles. The van der Waals surface area contributed by atoms with E-state index in [2.05, 4.69) is 10.6 Å². The summed E-state index contributed by atoms with van der Waals surface area (Å²) in [5.41, 5.74) is 0. The van der Waals surface area contributed by atoms with Crippen molar-refractivity contribution in [2.24, 2.45) is 0 Å². The molecule has 1 fully saturated rings. The second-order valence-electron chi connectivity index (χ2n) is 7.37.